The maximum atomic E-state index is 12.9. The quantitative estimate of drug-likeness (QED) is 0.541. The topological polar surface area (TPSA) is 59.1 Å². The molecule has 0 aromatic heterocycles. The second kappa shape index (κ2) is 7.31. The highest BCUT2D eigenvalue weighted by atomic mass is 16.5. The van der Waals surface area contributed by atoms with Crippen molar-refractivity contribution >= 4 is 11.8 Å². The molecule has 4 aliphatic rings. The molecule has 0 N–H and O–H groups in total. The van der Waals surface area contributed by atoms with Gasteiger partial charge in [0.1, 0.15) is 0 Å². The molecule has 6 atom stereocenters. The molecule has 6 nitrogen and oxygen atoms in total. The first-order valence-corrected chi connectivity index (χ1v) is 9.92. The van der Waals surface area contributed by atoms with E-state index in [4.69, 9.17) is 9.47 Å². The van der Waals surface area contributed by atoms with Gasteiger partial charge in [-0.3, -0.25) is 9.59 Å². The number of amides is 2. The number of carbonyl (C=O) groups is 2. The molecular weight excluding hydrogens is 332 g/mol. The molecule has 0 aromatic carbocycles. The lowest BCUT2D eigenvalue weighted by Crippen LogP contribution is -2.50. The molecule has 3 heterocycles. The Morgan fingerprint density at radius 3 is 2.73 bits per heavy atom. The first kappa shape index (κ1) is 18.0. The van der Waals surface area contributed by atoms with Crippen LogP contribution in [0, 0.1) is 35.5 Å². The monoisotopic (exact) mass is 362 g/mol. The molecule has 6 heteroatoms. The van der Waals surface area contributed by atoms with Crippen LogP contribution in [0.2, 0.25) is 0 Å². The van der Waals surface area contributed by atoms with Crippen molar-refractivity contribution in [2.75, 3.05) is 53.1 Å². The lowest BCUT2D eigenvalue weighted by Gasteiger charge is -2.41. The summed E-state index contributed by atoms with van der Waals surface area (Å²) < 4.78 is 11.1. The Morgan fingerprint density at radius 1 is 1.27 bits per heavy atom. The summed E-state index contributed by atoms with van der Waals surface area (Å²) in [5.74, 6) is 2.26. The molecule has 1 unspecified atom stereocenters. The average molecular weight is 362 g/mol. The van der Waals surface area contributed by atoms with Gasteiger partial charge in [-0.1, -0.05) is 6.08 Å². The summed E-state index contributed by atoms with van der Waals surface area (Å²) in [7, 11) is 1.89. The zero-order valence-corrected chi connectivity index (χ0v) is 15.6. The lowest BCUT2D eigenvalue weighted by atomic mass is 9.75. The van der Waals surface area contributed by atoms with Gasteiger partial charge in [0.25, 0.3) is 0 Å². The average Bonchev–Trinajstić information content (AvgIpc) is 3.21. The van der Waals surface area contributed by atoms with Crippen LogP contribution in [-0.2, 0) is 19.1 Å². The molecule has 26 heavy (non-hydrogen) atoms. The van der Waals surface area contributed by atoms with E-state index < -0.39 is 0 Å². The van der Waals surface area contributed by atoms with Crippen molar-refractivity contribution in [3.63, 3.8) is 0 Å². The number of hydrogen-bond acceptors (Lipinski definition) is 4. The van der Waals surface area contributed by atoms with E-state index >= 15 is 0 Å². The summed E-state index contributed by atoms with van der Waals surface area (Å²) in [4.78, 5) is 29.5. The zero-order chi connectivity index (χ0) is 18.3. The Kier molecular flexibility index (Phi) is 5.06. The lowest BCUT2D eigenvalue weighted by molar-refractivity contribution is -0.144. The van der Waals surface area contributed by atoms with Gasteiger partial charge in [0.15, 0.2) is 0 Å². The number of fused-ring (bicyclic) bond motifs is 2. The third-order valence-corrected chi connectivity index (χ3v) is 6.88. The van der Waals surface area contributed by atoms with E-state index in [0.29, 0.717) is 49.3 Å². The fourth-order valence-corrected chi connectivity index (χ4v) is 5.37. The molecule has 3 aliphatic heterocycles. The van der Waals surface area contributed by atoms with E-state index in [1.807, 2.05) is 16.8 Å². The minimum absolute atomic E-state index is 0.0194. The summed E-state index contributed by atoms with van der Waals surface area (Å²) in [6.45, 7) is 8.60. The van der Waals surface area contributed by atoms with Gasteiger partial charge in [-0.25, -0.2) is 0 Å². The summed E-state index contributed by atoms with van der Waals surface area (Å²) >= 11 is 0. The largest absolute Gasteiger partial charge is 0.381 e. The van der Waals surface area contributed by atoms with Crippen molar-refractivity contribution in [3.8, 4) is 0 Å². The van der Waals surface area contributed by atoms with Crippen molar-refractivity contribution in [2.45, 2.75) is 12.8 Å². The number of ether oxygens (including phenoxy) is 2. The molecule has 2 amide bonds. The van der Waals surface area contributed by atoms with Crippen LogP contribution >= 0.6 is 0 Å². The van der Waals surface area contributed by atoms with Crippen molar-refractivity contribution in [2.24, 2.45) is 35.5 Å². The smallest absolute Gasteiger partial charge is 0.226 e. The highest BCUT2D eigenvalue weighted by Gasteiger charge is 2.59. The van der Waals surface area contributed by atoms with Crippen molar-refractivity contribution < 1.29 is 19.1 Å². The van der Waals surface area contributed by atoms with Crippen LogP contribution in [0.15, 0.2) is 12.7 Å². The maximum Gasteiger partial charge on any atom is 0.226 e. The first-order valence-electron chi connectivity index (χ1n) is 9.92. The summed E-state index contributed by atoms with van der Waals surface area (Å²) in [6.07, 6.45) is 3.44. The molecular formula is C20H30N2O4. The minimum atomic E-state index is 0.0194. The standard InChI is InChI=1S/C20H30N2O4/c1-3-8-25-10-13-9-21(2)19(23)15-5-7-22(6-4-14(13)15)20(24)18-16-11-26-12-17(16)18/h3,13-18H,1,4-12H2,2H3/t13-,14-,15-,16-,17+,18?/m0/s1. The molecule has 3 saturated heterocycles. The van der Waals surface area contributed by atoms with Crippen LogP contribution in [0.3, 0.4) is 0 Å². The second-order valence-electron chi connectivity index (χ2n) is 8.37. The summed E-state index contributed by atoms with van der Waals surface area (Å²) in [5.41, 5.74) is 0. The van der Waals surface area contributed by atoms with Crippen LogP contribution in [0.1, 0.15) is 12.8 Å². The normalized spacial score (nSPS) is 39.2. The van der Waals surface area contributed by atoms with Crippen molar-refractivity contribution in [1.82, 2.24) is 9.80 Å². The van der Waals surface area contributed by atoms with Gasteiger partial charge in [-0.15, -0.1) is 6.58 Å². The highest BCUT2D eigenvalue weighted by Crippen LogP contribution is 2.52. The van der Waals surface area contributed by atoms with E-state index in [2.05, 4.69) is 6.58 Å². The first-order chi connectivity index (χ1) is 12.6. The van der Waals surface area contributed by atoms with E-state index in [1.165, 1.54) is 0 Å². The van der Waals surface area contributed by atoms with Gasteiger partial charge in [-0.2, -0.15) is 0 Å². The highest BCUT2D eigenvalue weighted by molar-refractivity contribution is 5.83. The van der Waals surface area contributed by atoms with E-state index in [0.717, 1.165) is 39.1 Å². The molecule has 4 fully saturated rings. The Labute approximate surface area is 155 Å². The molecule has 0 spiro atoms. The van der Waals surface area contributed by atoms with Crippen LogP contribution in [0.25, 0.3) is 0 Å². The van der Waals surface area contributed by atoms with Gasteiger partial charge >= 0.3 is 0 Å². The van der Waals surface area contributed by atoms with E-state index in [-0.39, 0.29) is 17.7 Å². The second-order valence-corrected chi connectivity index (χ2v) is 8.37. The number of nitrogens with zero attached hydrogens (tertiary/aromatic N) is 2. The van der Waals surface area contributed by atoms with Crippen LogP contribution < -0.4 is 0 Å². The molecule has 1 aliphatic carbocycles. The maximum absolute atomic E-state index is 12.9. The molecule has 0 bridgehead atoms. The molecule has 0 radical (unpaired) electrons. The third kappa shape index (κ3) is 3.18. The van der Waals surface area contributed by atoms with Gasteiger partial charge in [0.2, 0.25) is 11.8 Å². The molecule has 1 saturated carbocycles. The van der Waals surface area contributed by atoms with Gasteiger partial charge in [0, 0.05) is 44.4 Å². The minimum Gasteiger partial charge on any atom is -0.381 e. The third-order valence-electron chi connectivity index (χ3n) is 6.88. The molecule has 144 valence electrons. The predicted molar refractivity (Wildman–Crippen MR) is 96.2 cm³/mol. The summed E-state index contributed by atoms with van der Waals surface area (Å²) in [6, 6.07) is 0. The van der Waals surface area contributed by atoms with E-state index in [1.54, 1.807) is 6.08 Å². The SMILES string of the molecule is C=CCOC[C@@H]1CN(C)C(=O)[C@H]2CCN(C(=O)C3[C@H]4COC[C@@H]34)CC[C@@H]12. The van der Waals surface area contributed by atoms with Crippen molar-refractivity contribution in [3.05, 3.63) is 12.7 Å². The Bertz CT molecular complexity index is 570. The van der Waals surface area contributed by atoms with Gasteiger partial charge in [0.05, 0.1) is 26.4 Å². The van der Waals surface area contributed by atoms with E-state index in [9.17, 15) is 9.59 Å². The zero-order valence-electron chi connectivity index (χ0n) is 15.6. The number of hydrogen-bond donors (Lipinski definition) is 0. The van der Waals surface area contributed by atoms with Gasteiger partial charge < -0.3 is 19.3 Å². The molecule has 4 rings (SSSR count). The Hall–Kier alpha value is -1.40. The fourth-order valence-electron chi connectivity index (χ4n) is 5.37. The van der Waals surface area contributed by atoms with Crippen LogP contribution in [-0.4, -0.2) is 74.7 Å². The fraction of sp³-hybridized carbons (Fsp3) is 0.800. The van der Waals surface area contributed by atoms with Crippen LogP contribution in [0.5, 0.6) is 0 Å². The van der Waals surface area contributed by atoms with Crippen LogP contribution in [0.4, 0.5) is 0 Å². The van der Waals surface area contributed by atoms with Crippen molar-refractivity contribution in [1.29, 1.82) is 0 Å². The number of likely N-dealkylation sites (tertiary alicyclic amines) is 2. The predicted octanol–water partition coefficient (Wildman–Crippen LogP) is 1.02. The number of carbonyl (C=O) groups excluding carboxylic acids is 2. The van der Waals surface area contributed by atoms with Gasteiger partial charge in [-0.05, 0) is 30.6 Å². The number of rotatable bonds is 5. The number of piperidine rings is 1. The Balaban J connectivity index is 1.41. The summed E-state index contributed by atoms with van der Waals surface area (Å²) in [5, 5.41) is 0. The Morgan fingerprint density at radius 2 is 2.00 bits per heavy atom. The molecule has 0 aromatic rings.